The molecule has 1 saturated heterocycles. The van der Waals surface area contributed by atoms with Crippen molar-refractivity contribution in [1.82, 2.24) is 14.9 Å². The minimum atomic E-state index is -0.255. The van der Waals surface area contributed by atoms with E-state index in [1.165, 1.54) is 30.1 Å². The van der Waals surface area contributed by atoms with E-state index in [2.05, 4.69) is 49.4 Å². The molecule has 0 unspecified atom stereocenters. The number of allylic oxidation sites excluding steroid dienone is 4. The summed E-state index contributed by atoms with van der Waals surface area (Å²) in [4.78, 5) is 39.1. The lowest BCUT2D eigenvalue weighted by Crippen LogP contribution is -2.46. The fourth-order valence-corrected chi connectivity index (χ4v) is 6.04. The van der Waals surface area contributed by atoms with E-state index >= 15 is 0 Å². The molecular formula is C35H34ClN5O5. The van der Waals surface area contributed by atoms with E-state index in [4.69, 9.17) is 25.8 Å². The molecular weight excluding hydrogens is 606 g/mol. The third-order valence-corrected chi connectivity index (χ3v) is 8.26. The maximum atomic E-state index is 13.1. The van der Waals surface area contributed by atoms with Gasteiger partial charge in [0.25, 0.3) is 0 Å². The second-order valence-corrected chi connectivity index (χ2v) is 11.4. The number of nitrogens with one attached hydrogen (secondary N) is 1. The van der Waals surface area contributed by atoms with E-state index in [-0.39, 0.29) is 11.6 Å². The van der Waals surface area contributed by atoms with Gasteiger partial charge in [0.2, 0.25) is 0 Å². The van der Waals surface area contributed by atoms with Gasteiger partial charge >= 0.3 is 0 Å². The summed E-state index contributed by atoms with van der Waals surface area (Å²) < 4.78 is 16.5. The first-order valence-corrected chi connectivity index (χ1v) is 15.4. The summed E-state index contributed by atoms with van der Waals surface area (Å²) in [5, 5.41) is 4.51. The first-order valence-electron chi connectivity index (χ1n) is 15.0. The van der Waals surface area contributed by atoms with E-state index in [0.29, 0.717) is 76.4 Å². The molecule has 1 N–H and O–H groups in total. The number of ether oxygens (including phenoxy) is 3. The predicted molar refractivity (Wildman–Crippen MR) is 179 cm³/mol. The molecule has 2 heterocycles. The van der Waals surface area contributed by atoms with Crippen LogP contribution in [0.4, 0.5) is 17.2 Å². The lowest BCUT2D eigenvalue weighted by Gasteiger charge is -2.37. The Morgan fingerprint density at radius 2 is 1.72 bits per heavy atom. The smallest absolute Gasteiger partial charge is 0.186 e. The number of hydrogen-bond donors (Lipinski definition) is 1. The van der Waals surface area contributed by atoms with Crippen LogP contribution in [-0.4, -0.2) is 80.0 Å². The molecule has 11 heteroatoms. The minimum absolute atomic E-state index is 0.250. The van der Waals surface area contributed by atoms with E-state index in [9.17, 15) is 9.59 Å². The highest BCUT2D eigenvalue weighted by Gasteiger charge is 2.27. The predicted octanol–water partition coefficient (Wildman–Crippen LogP) is 5.47. The van der Waals surface area contributed by atoms with Crippen LogP contribution in [-0.2, 0) is 20.9 Å². The summed E-state index contributed by atoms with van der Waals surface area (Å²) in [5.41, 5.74) is 4.11. The third-order valence-electron chi connectivity index (χ3n) is 7.97. The SMILES string of the molecule is COCCOc1cc2ncnc(Nc3cc(Cl)c(N4CCN(Cc5ccccc5)CC4)c(C4=CC(=O)C=CC4=O)c3)c2cc1OC. The maximum Gasteiger partial charge on any atom is 0.186 e. The van der Waals surface area contributed by atoms with Crippen molar-refractivity contribution in [3.05, 3.63) is 95.3 Å². The highest BCUT2D eigenvalue weighted by Crippen LogP contribution is 2.41. The number of anilines is 3. The molecule has 46 heavy (non-hydrogen) atoms. The lowest BCUT2D eigenvalue weighted by atomic mass is 9.93. The Morgan fingerprint density at radius 3 is 2.48 bits per heavy atom. The normalized spacial score (nSPS) is 15.3. The van der Waals surface area contributed by atoms with Crippen LogP contribution >= 0.6 is 11.6 Å². The topological polar surface area (TPSA) is 106 Å². The summed E-state index contributed by atoms with van der Waals surface area (Å²) in [6, 6.07) is 17.6. The van der Waals surface area contributed by atoms with Crippen molar-refractivity contribution in [1.29, 1.82) is 0 Å². The summed E-state index contributed by atoms with van der Waals surface area (Å²) in [5.74, 6) is 1.06. The number of methoxy groups -OCH3 is 2. The van der Waals surface area contributed by atoms with E-state index < -0.39 is 0 Å². The van der Waals surface area contributed by atoms with Gasteiger partial charge in [0.1, 0.15) is 18.8 Å². The molecule has 3 aromatic carbocycles. The van der Waals surface area contributed by atoms with Gasteiger partial charge in [-0.25, -0.2) is 9.97 Å². The number of ketones is 2. The average Bonchev–Trinajstić information content (AvgIpc) is 3.06. The Bertz CT molecular complexity index is 1820. The van der Waals surface area contributed by atoms with Crippen molar-refractivity contribution in [2.24, 2.45) is 0 Å². The number of benzene rings is 3. The van der Waals surface area contributed by atoms with Gasteiger partial charge in [-0.3, -0.25) is 14.5 Å². The largest absolute Gasteiger partial charge is 0.493 e. The molecule has 10 nitrogen and oxygen atoms in total. The zero-order chi connectivity index (χ0) is 32.0. The average molecular weight is 640 g/mol. The molecule has 236 valence electrons. The van der Waals surface area contributed by atoms with Crippen LogP contribution in [0.2, 0.25) is 5.02 Å². The maximum absolute atomic E-state index is 13.1. The minimum Gasteiger partial charge on any atom is -0.493 e. The Labute approximate surface area is 272 Å². The quantitative estimate of drug-likeness (QED) is 0.168. The van der Waals surface area contributed by atoms with Gasteiger partial charge in [-0.2, -0.15) is 0 Å². The van der Waals surface area contributed by atoms with Gasteiger partial charge in [-0.1, -0.05) is 41.9 Å². The van der Waals surface area contributed by atoms with Crippen molar-refractivity contribution < 1.29 is 23.8 Å². The van der Waals surface area contributed by atoms with Crippen LogP contribution in [0.1, 0.15) is 11.1 Å². The van der Waals surface area contributed by atoms with Gasteiger partial charge in [-0.15, -0.1) is 0 Å². The molecule has 4 aromatic rings. The van der Waals surface area contributed by atoms with Gasteiger partial charge in [0.05, 0.1) is 29.9 Å². The number of carbonyl (C=O) groups is 2. The number of nitrogens with zero attached hydrogens (tertiary/aromatic N) is 4. The highest BCUT2D eigenvalue weighted by molar-refractivity contribution is 6.38. The molecule has 0 atom stereocenters. The molecule has 0 amide bonds. The van der Waals surface area contributed by atoms with Gasteiger partial charge in [-0.05, 0) is 42.0 Å². The fourth-order valence-electron chi connectivity index (χ4n) is 5.70. The number of hydrogen-bond acceptors (Lipinski definition) is 10. The van der Waals surface area contributed by atoms with Crippen molar-refractivity contribution in [2.45, 2.75) is 6.54 Å². The Hall–Kier alpha value is -4.77. The first-order chi connectivity index (χ1) is 22.4. The van der Waals surface area contributed by atoms with Crippen LogP contribution in [0.15, 0.2) is 79.2 Å². The molecule has 1 aromatic heterocycles. The molecule has 0 saturated carbocycles. The van der Waals surface area contributed by atoms with Gasteiger partial charge in [0.15, 0.2) is 23.1 Å². The Balaban J connectivity index is 1.32. The summed E-state index contributed by atoms with van der Waals surface area (Å²) in [6.45, 7) is 4.72. The Morgan fingerprint density at radius 1 is 0.913 bits per heavy atom. The monoisotopic (exact) mass is 639 g/mol. The number of rotatable bonds is 11. The van der Waals surface area contributed by atoms with Gasteiger partial charge in [0, 0.05) is 68.1 Å². The van der Waals surface area contributed by atoms with E-state index in [0.717, 1.165) is 25.3 Å². The molecule has 0 radical (unpaired) electrons. The van der Waals surface area contributed by atoms with Crippen LogP contribution in [0.3, 0.4) is 0 Å². The number of piperazine rings is 1. The van der Waals surface area contributed by atoms with Crippen LogP contribution in [0.25, 0.3) is 16.5 Å². The number of fused-ring (bicyclic) bond motifs is 1. The van der Waals surface area contributed by atoms with Crippen LogP contribution in [0, 0.1) is 0 Å². The van der Waals surface area contributed by atoms with Crippen molar-refractivity contribution >= 4 is 56.8 Å². The molecule has 1 aliphatic heterocycles. The fraction of sp³-hybridized carbons (Fsp3) is 0.257. The number of carbonyl (C=O) groups excluding carboxylic acids is 2. The van der Waals surface area contributed by atoms with Crippen molar-refractivity contribution in [3.8, 4) is 11.5 Å². The molecule has 6 rings (SSSR count). The molecule has 2 aliphatic rings. The van der Waals surface area contributed by atoms with Crippen LogP contribution < -0.4 is 19.7 Å². The third kappa shape index (κ3) is 6.89. The number of aromatic nitrogens is 2. The molecule has 1 aliphatic carbocycles. The zero-order valence-electron chi connectivity index (χ0n) is 25.7. The Kier molecular flexibility index (Phi) is 9.58. The molecule has 0 spiro atoms. The van der Waals surface area contributed by atoms with Crippen molar-refractivity contribution in [3.63, 3.8) is 0 Å². The first kappa shape index (κ1) is 31.2. The van der Waals surface area contributed by atoms with E-state index in [1.807, 2.05) is 24.3 Å². The van der Waals surface area contributed by atoms with Crippen molar-refractivity contribution in [2.75, 3.05) is 63.8 Å². The summed E-state index contributed by atoms with van der Waals surface area (Å²) in [6.07, 6.45) is 5.43. The molecule has 0 bridgehead atoms. The number of halogens is 1. The highest BCUT2D eigenvalue weighted by atomic mass is 35.5. The second kappa shape index (κ2) is 14.1. The molecule has 1 fully saturated rings. The lowest BCUT2D eigenvalue weighted by molar-refractivity contribution is -0.113. The summed E-state index contributed by atoms with van der Waals surface area (Å²) in [7, 11) is 3.18. The summed E-state index contributed by atoms with van der Waals surface area (Å²) >= 11 is 7.03. The zero-order valence-corrected chi connectivity index (χ0v) is 26.4. The van der Waals surface area contributed by atoms with Crippen LogP contribution in [0.5, 0.6) is 11.5 Å². The van der Waals surface area contributed by atoms with Gasteiger partial charge < -0.3 is 24.4 Å². The van der Waals surface area contributed by atoms with E-state index in [1.54, 1.807) is 20.3 Å². The second-order valence-electron chi connectivity index (χ2n) is 11.0. The standard InChI is InChI=1S/C35H34ClN5O5/c1-44-14-15-46-33-20-30-28(19-32(33)45-2)35(38-22-37-30)39-24-16-27(26-18-25(42)8-9-31(26)43)34(29(36)17-24)41-12-10-40(11-13-41)21-23-6-4-3-5-7-23/h3-9,16-20,22H,10-15,21H2,1-2H3,(H,37,38,39).